The van der Waals surface area contributed by atoms with E-state index in [9.17, 15) is 4.79 Å². The van der Waals surface area contributed by atoms with Crippen LogP contribution in [0.25, 0.3) is 22.1 Å². The van der Waals surface area contributed by atoms with Gasteiger partial charge in [0.2, 0.25) is 0 Å². The van der Waals surface area contributed by atoms with Crippen LogP contribution in [0.15, 0.2) is 94.1 Å². The van der Waals surface area contributed by atoms with E-state index in [-0.39, 0.29) is 5.63 Å². The molecule has 0 saturated heterocycles. The van der Waals surface area contributed by atoms with Crippen molar-refractivity contribution in [2.24, 2.45) is 0 Å². The van der Waals surface area contributed by atoms with Crippen LogP contribution in [0.1, 0.15) is 0 Å². The summed E-state index contributed by atoms with van der Waals surface area (Å²) >= 11 is 0. The normalized spacial score (nSPS) is 10.7. The Labute approximate surface area is 139 Å². The van der Waals surface area contributed by atoms with Gasteiger partial charge in [-0.25, -0.2) is 4.79 Å². The van der Waals surface area contributed by atoms with E-state index >= 15 is 0 Å². The average Bonchev–Trinajstić information content (AvgIpc) is 2.63. The van der Waals surface area contributed by atoms with Crippen LogP contribution >= 0.6 is 0 Å². The van der Waals surface area contributed by atoms with Crippen LogP contribution in [-0.2, 0) is 0 Å². The number of nitrogens with one attached hydrogen (secondary N) is 1. The van der Waals surface area contributed by atoms with Gasteiger partial charge >= 0.3 is 5.63 Å². The summed E-state index contributed by atoms with van der Waals surface area (Å²) < 4.78 is 5.26. The number of hydrogen-bond acceptors (Lipinski definition) is 3. The average molecular weight is 313 g/mol. The number of rotatable bonds is 3. The molecule has 4 rings (SSSR count). The predicted molar refractivity (Wildman–Crippen MR) is 97.6 cm³/mol. The molecule has 0 fully saturated rings. The molecule has 0 bridgehead atoms. The molecule has 3 aromatic carbocycles. The van der Waals surface area contributed by atoms with Gasteiger partial charge in [-0.05, 0) is 23.8 Å². The minimum atomic E-state index is -0.367. The number of benzene rings is 3. The molecule has 1 heterocycles. The number of hydrogen-bond donors (Lipinski definition) is 1. The maximum Gasteiger partial charge on any atom is 0.338 e. The summed E-state index contributed by atoms with van der Waals surface area (Å²) in [7, 11) is 0. The minimum Gasteiger partial charge on any atom is -0.423 e. The first-order chi connectivity index (χ1) is 11.8. The molecule has 0 unspecified atom stereocenters. The van der Waals surface area contributed by atoms with Crippen LogP contribution < -0.4 is 10.9 Å². The van der Waals surface area contributed by atoms with Crippen molar-refractivity contribution in [3.8, 4) is 11.1 Å². The fourth-order valence-corrected chi connectivity index (χ4v) is 2.82. The van der Waals surface area contributed by atoms with Gasteiger partial charge in [-0.1, -0.05) is 60.7 Å². The van der Waals surface area contributed by atoms with Gasteiger partial charge < -0.3 is 9.73 Å². The Balaban J connectivity index is 1.84. The summed E-state index contributed by atoms with van der Waals surface area (Å²) in [4.78, 5) is 11.8. The molecule has 4 aromatic rings. The molecule has 0 radical (unpaired) electrons. The SMILES string of the molecule is O=c1cc(Nc2ccccc2-c2ccccc2)c2ccccc2o1. The molecule has 0 saturated carbocycles. The molecular formula is C21H15NO2. The van der Waals surface area contributed by atoms with Crippen LogP contribution in [0.5, 0.6) is 0 Å². The lowest BCUT2D eigenvalue weighted by atomic mass is 10.0. The van der Waals surface area contributed by atoms with E-state index in [4.69, 9.17) is 4.42 Å². The van der Waals surface area contributed by atoms with Crippen molar-refractivity contribution in [3.63, 3.8) is 0 Å². The van der Waals surface area contributed by atoms with Crippen LogP contribution in [-0.4, -0.2) is 0 Å². The van der Waals surface area contributed by atoms with Crippen molar-refractivity contribution in [3.05, 3.63) is 95.3 Å². The number of fused-ring (bicyclic) bond motifs is 1. The van der Waals surface area contributed by atoms with Gasteiger partial charge in [0.25, 0.3) is 0 Å². The van der Waals surface area contributed by atoms with E-state index in [0.29, 0.717) is 5.58 Å². The maximum absolute atomic E-state index is 11.8. The second-order valence-electron chi connectivity index (χ2n) is 5.51. The van der Waals surface area contributed by atoms with E-state index in [1.807, 2.05) is 54.6 Å². The summed E-state index contributed by atoms with van der Waals surface area (Å²) in [5.74, 6) is 0. The second kappa shape index (κ2) is 6.05. The molecule has 0 spiro atoms. The van der Waals surface area contributed by atoms with Gasteiger partial charge in [0, 0.05) is 22.7 Å². The van der Waals surface area contributed by atoms with Crippen molar-refractivity contribution < 1.29 is 4.42 Å². The van der Waals surface area contributed by atoms with Crippen molar-refractivity contribution in [2.45, 2.75) is 0 Å². The first-order valence-corrected chi connectivity index (χ1v) is 7.76. The van der Waals surface area contributed by atoms with Gasteiger partial charge in [-0.15, -0.1) is 0 Å². The molecule has 116 valence electrons. The van der Waals surface area contributed by atoms with Crippen molar-refractivity contribution >= 4 is 22.3 Å². The van der Waals surface area contributed by atoms with E-state index < -0.39 is 0 Å². The maximum atomic E-state index is 11.8. The van der Waals surface area contributed by atoms with Gasteiger partial charge in [-0.3, -0.25) is 0 Å². The van der Waals surface area contributed by atoms with Gasteiger partial charge in [0.15, 0.2) is 0 Å². The summed E-state index contributed by atoms with van der Waals surface area (Å²) in [5, 5.41) is 4.27. The molecule has 3 heteroatoms. The first-order valence-electron chi connectivity index (χ1n) is 7.76. The highest BCUT2D eigenvalue weighted by atomic mass is 16.4. The standard InChI is InChI=1S/C21H15NO2/c23-21-14-19(17-11-5-7-13-20(17)24-21)22-18-12-6-4-10-16(18)15-8-2-1-3-9-15/h1-14,22H. The summed E-state index contributed by atoms with van der Waals surface area (Å²) in [6.45, 7) is 0. The fourth-order valence-electron chi connectivity index (χ4n) is 2.82. The Morgan fingerprint density at radius 1 is 0.708 bits per heavy atom. The van der Waals surface area contributed by atoms with E-state index in [1.165, 1.54) is 6.07 Å². The van der Waals surface area contributed by atoms with Crippen LogP contribution in [0.2, 0.25) is 0 Å². The summed E-state index contributed by atoms with van der Waals surface area (Å²) in [5.41, 5.74) is 4.09. The van der Waals surface area contributed by atoms with Crippen molar-refractivity contribution in [2.75, 3.05) is 5.32 Å². The molecule has 0 atom stereocenters. The minimum absolute atomic E-state index is 0.367. The highest BCUT2D eigenvalue weighted by Crippen LogP contribution is 2.32. The van der Waals surface area contributed by atoms with Crippen molar-refractivity contribution in [1.82, 2.24) is 0 Å². The third-order valence-corrected chi connectivity index (χ3v) is 3.93. The van der Waals surface area contributed by atoms with E-state index in [0.717, 1.165) is 27.9 Å². The molecule has 0 aliphatic carbocycles. The molecule has 0 aliphatic heterocycles. The van der Waals surface area contributed by atoms with Gasteiger partial charge in [0.1, 0.15) is 5.58 Å². The molecule has 24 heavy (non-hydrogen) atoms. The van der Waals surface area contributed by atoms with Gasteiger partial charge in [-0.2, -0.15) is 0 Å². The van der Waals surface area contributed by atoms with Crippen LogP contribution in [0.4, 0.5) is 11.4 Å². The Morgan fingerprint density at radius 2 is 1.42 bits per heavy atom. The van der Waals surface area contributed by atoms with Crippen molar-refractivity contribution in [1.29, 1.82) is 0 Å². The van der Waals surface area contributed by atoms with Crippen LogP contribution in [0, 0.1) is 0 Å². The Morgan fingerprint density at radius 3 is 2.29 bits per heavy atom. The zero-order valence-electron chi connectivity index (χ0n) is 12.9. The smallest absolute Gasteiger partial charge is 0.338 e. The lowest BCUT2D eigenvalue weighted by molar-refractivity contribution is 0.561. The molecule has 0 aliphatic rings. The van der Waals surface area contributed by atoms with E-state index in [2.05, 4.69) is 23.5 Å². The molecule has 3 nitrogen and oxygen atoms in total. The third kappa shape index (κ3) is 2.68. The lowest BCUT2D eigenvalue weighted by Gasteiger charge is -2.13. The third-order valence-electron chi connectivity index (χ3n) is 3.93. The highest BCUT2D eigenvalue weighted by Gasteiger charge is 2.08. The Kier molecular flexibility index (Phi) is 3.60. The van der Waals surface area contributed by atoms with Crippen LogP contribution in [0.3, 0.4) is 0 Å². The summed E-state index contributed by atoms with van der Waals surface area (Å²) in [6, 6.07) is 27.2. The number of anilines is 2. The monoisotopic (exact) mass is 313 g/mol. The Bertz CT molecular complexity index is 1050. The summed E-state index contributed by atoms with van der Waals surface area (Å²) in [6.07, 6.45) is 0. The zero-order valence-corrected chi connectivity index (χ0v) is 12.9. The molecule has 1 N–H and O–H groups in total. The lowest BCUT2D eigenvalue weighted by Crippen LogP contribution is -2.01. The highest BCUT2D eigenvalue weighted by molar-refractivity contribution is 5.93. The zero-order chi connectivity index (χ0) is 16.4. The second-order valence-corrected chi connectivity index (χ2v) is 5.51. The molecular weight excluding hydrogens is 298 g/mol. The largest absolute Gasteiger partial charge is 0.423 e. The molecule has 0 amide bonds. The Hall–Kier alpha value is -3.33. The number of para-hydroxylation sites is 2. The topological polar surface area (TPSA) is 42.2 Å². The predicted octanol–water partition coefficient (Wildman–Crippen LogP) is 5.20. The van der Waals surface area contributed by atoms with Gasteiger partial charge in [0.05, 0.1) is 5.69 Å². The van der Waals surface area contributed by atoms with E-state index in [1.54, 1.807) is 6.07 Å². The quantitative estimate of drug-likeness (QED) is 0.528. The first kappa shape index (κ1) is 14.3. The fraction of sp³-hybridized carbons (Fsp3) is 0. The molecule has 1 aromatic heterocycles.